The molecule has 2 heterocycles. The summed E-state index contributed by atoms with van der Waals surface area (Å²) in [6.07, 6.45) is 8.07. The average Bonchev–Trinajstić information content (AvgIpc) is 2.76. The number of amides is 1. The van der Waals surface area contributed by atoms with Gasteiger partial charge in [0.2, 0.25) is 5.91 Å². The molecule has 0 spiro atoms. The van der Waals surface area contributed by atoms with Crippen molar-refractivity contribution < 1.29 is 19.7 Å². The molecule has 30 heavy (non-hydrogen) atoms. The molecule has 2 saturated heterocycles. The molecule has 3 fully saturated rings. The van der Waals surface area contributed by atoms with E-state index in [9.17, 15) is 15.0 Å². The van der Waals surface area contributed by atoms with E-state index in [1.807, 2.05) is 24.0 Å². The van der Waals surface area contributed by atoms with Crippen molar-refractivity contribution in [3.63, 3.8) is 0 Å². The van der Waals surface area contributed by atoms with Gasteiger partial charge in [-0.3, -0.25) is 9.69 Å². The van der Waals surface area contributed by atoms with Crippen LogP contribution in [0.2, 0.25) is 0 Å². The zero-order chi connectivity index (χ0) is 21.1. The number of piperidine rings is 2. The summed E-state index contributed by atoms with van der Waals surface area (Å²) in [5.41, 5.74) is 0.352. The first kappa shape index (κ1) is 21.4. The van der Waals surface area contributed by atoms with Crippen molar-refractivity contribution in [1.82, 2.24) is 9.80 Å². The fraction of sp³-hybridized carbons (Fsp3) is 0.708. The van der Waals surface area contributed by atoms with Crippen LogP contribution < -0.4 is 4.74 Å². The minimum absolute atomic E-state index is 0.0439. The SMILES string of the molecule is CCOc1cc([C@@H]2[C@@H]3CCCC[C@@]3(O)CCN2CC(=O)N2CCCCC2)ccc1O. The Morgan fingerprint density at radius 3 is 2.70 bits per heavy atom. The zero-order valence-electron chi connectivity index (χ0n) is 18.2. The quantitative estimate of drug-likeness (QED) is 0.769. The smallest absolute Gasteiger partial charge is 0.236 e. The third-order valence-electron chi connectivity index (χ3n) is 7.34. The lowest BCUT2D eigenvalue weighted by molar-refractivity contribution is -0.145. The summed E-state index contributed by atoms with van der Waals surface area (Å²) in [7, 11) is 0. The number of nitrogens with zero attached hydrogens (tertiary/aromatic N) is 2. The van der Waals surface area contributed by atoms with Gasteiger partial charge in [-0.25, -0.2) is 0 Å². The largest absolute Gasteiger partial charge is 0.504 e. The van der Waals surface area contributed by atoms with E-state index >= 15 is 0 Å². The first-order chi connectivity index (χ1) is 14.5. The maximum absolute atomic E-state index is 13.1. The van der Waals surface area contributed by atoms with Gasteiger partial charge in [0.1, 0.15) is 0 Å². The van der Waals surface area contributed by atoms with Gasteiger partial charge in [-0.1, -0.05) is 18.9 Å². The molecule has 2 aliphatic heterocycles. The van der Waals surface area contributed by atoms with Crippen LogP contribution >= 0.6 is 0 Å². The van der Waals surface area contributed by atoms with Crippen LogP contribution in [0.1, 0.15) is 69.9 Å². The molecule has 3 atom stereocenters. The number of aromatic hydroxyl groups is 1. The summed E-state index contributed by atoms with van der Waals surface area (Å²) >= 11 is 0. The van der Waals surface area contributed by atoms with Crippen LogP contribution in [0.3, 0.4) is 0 Å². The van der Waals surface area contributed by atoms with Crippen LogP contribution in [0.4, 0.5) is 0 Å². The first-order valence-corrected chi connectivity index (χ1v) is 11.7. The van der Waals surface area contributed by atoms with Crippen molar-refractivity contribution in [2.45, 2.75) is 69.9 Å². The lowest BCUT2D eigenvalue weighted by atomic mass is 9.66. The Morgan fingerprint density at radius 1 is 1.13 bits per heavy atom. The number of fused-ring (bicyclic) bond motifs is 1. The molecule has 1 aromatic rings. The second kappa shape index (κ2) is 9.15. The van der Waals surface area contributed by atoms with Crippen LogP contribution in [0.5, 0.6) is 11.5 Å². The second-order valence-electron chi connectivity index (χ2n) is 9.22. The minimum Gasteiger partial charge on any atom is -0.504 e. The van der Waals surface area contributed by atoms with Crippen LogP contribution in [0.15, 0.2) is 18.2 Å². The Morgan fingerprint density at radius 2 is 1.93 bits per heavy atom. The van der Waals surface area contributed by atoms with E-state index in [1.54, 1.807) is 6.07 Å². The average molecular weight is 417 g/mol. The number of aliphatic hydroxyl groups is 1. The molecule has 4 rings (SSSR count). The van der Waals surface area contributed by atoms with Gasteiger partial charge in [0.15, 0.2) is 11.5 Å². The van der Waals surface area contributed by atoms with Gasteiger partial charge in [-0.15, -0.1) is 0 Å². The fourth-order valence-electron chi connectivity index (χ4n) is 5.77. The third kappa shape index (κ3) is 4.30. The molecular formula is C24H36N2O4. The molecule has 2 N–H and O–H groups in total. The van der Waals surface area contributed by atoms with E-state index in [0.717, 1.165) is 63.6 Å². The first-order valence-electron chi connectivity index (χ1n) is 11.7. The van der Waals surface area contributed by atoms with Crippen LogP contribution in [0.25, 0.3) is 0 Å². The van der Waals surface area contributed by atoms with Gasteiger partial charge in [0, 0.05) is 31.6 Å². The van der Waals surface area contributed by atoms with Crippen LogP contribution in [0, 0.1) is 5.92 Å². The van der Waals surface area contributed by atoms with Crippen molar-refractivity contribution in [2.75, 3.05) is 32.8 Å². The number of rotatable bonds is 5. The third-order valence-corrected chi connectivity index (χ3v) is 7.34. The number of benzene rings is 1. The minimum atomic E-state index is -0.669. The van der Waals surface area contributed by atoms with Gasteiger partial charge in [0.05, 0.1) is 18.8 Å². The van der Waals surface area contributed by atoms with Crippen molar-refractivity contribution >= 4 is 5.91 Å². The van der Waals surface area contributed by atoms with E-state index in [2.05, 4.69) is 4.90 Å². The van der Waals surface area contributed by atoms with Crippen molar-refractivity contribution in [1.29, 1.82) is 0 Å². The van der Waals surface area contributed by atoms with Gasteiger partial charge in [-0.2, -0.15) is 0 Å². The summed E-state index contributed by atoms with van der Waals surface area (Å²) < 4.78 is 5.63. The molecule has 1 aliphatic carbocycles. The predicted octanol–water partition coefficient (Wildman–Crippen LogP) is 3.47. The zero-order valence-corrected chi connectivity index (χ0v) is 18.2. The van der Waals surface area contributed by atoms with Crippen LogP contribution in [-0.2, 0) is 4.79 Å². The highest BCUT2D eigenvalue weighted by molar-refractivity contribution is 5.78. The molecule has 3 aliphatic rings. The van der Waals surface area contributed by atoms with Gasteiger partial charge < -0.3 is 19.8 Å². The standard InChI is InChI=1S/C24H36N2O4/c1-2-30-21-16-18(9-10-20(21)27)23-19-8-4-5-11-24(19,29)12-15-26(23)17-22(28)25-13-6-3-7-14-25/h9-10,16,19,23,27,29H,2-8,11-15,17H2,1H3/t19-,23+,24+/m0/s1. The number of phenolic OH excluding ortho intramolecular Hbond substituents is 1. The van der Waals surface area contributed by atoms with Crippen molar-refractivity contribution in [2.24, 2.45) is 5.92 Å². The number of hydrogen-bond donors (Lipinski definition) is 2. The van der Waals surface area contributed by atoms with Gasteiger partial charge in [-0.05, 0) is 63.1 Å². The van der Waals surface area contributed by atoms with E-state index < -0.39 is 5.60 Å². The molecule has 6 heteroatoms. The Labute approximate surface area is 179 Å². The van der Waals surface area contributed by atoms with E-state index in [4.69, 9.17) is 4.74 Å². The Hall–Kier alpha value is -1.79. The lowest BCUT2D eigenvalue weighted by Crippen LogP contribution is -2.56. The molecule has 1 saturated carbocycles. The predicted molar refractivity (Wildman–Crippen MR) is 116 cm³/mol. The number of carbonyl (C=O) groups excluding carboxylic acids is 1. The Bertz CT molecular complexity index is 749. The lowest BCUT2D eigenvalue weighted by Gasteiger charge is -2.52. The number of ether oxygens (including phenoxy) is 1. The maximum Gasteiger partial charge on any atom is 0.236 e. The van der Waals surface area contributed by atoms with Crippen molar-refractivity contribution in [3.8, 4) is 11.5 Å². The molecule has 0 radical (unpaired) electrons. The molecule has 166 valence electrons. The summed E-state index contributed by atoms with van der Waals surface area (Å²) in [4.78, 5) is 17.3. The molecule has 1 amide bonds. The number of hydrogen-bond acceptors (Lipinski definition) is 5. The highest BCUT2D eigenvalue weighted by atomic mass is 16.5. The van der Waals surface area contributed by atoms with Gasteiger partial charge in [0.25, 0.3) is 0 Å². The monoisotopic (exact) mass is 416 g/mol. The van der Waals surface area contributed by atoms with E-state index in [-0.39, 0.29) is 23.6 Å². The molecule has 0 bridgehead atoms. The summed E-state index contributed by atoms with van der Waals surface area (Å²) in [6.45, 7) is 5.20. The number of phenols is 1. The topological polar surface area (TPSA) is 73.2 Å². The highest BCUT2D eigenvalue weighted by Gasteiger charge is 2.49. The molecule has 0 aromatic heterocycles. The second-order valence-corrected chi connectivity index (χ2v) is 9.22. The highest BCUT2D eigenvalue weighted by Crippen LogP contribution is 2.50. The fourth-order valence-corrected chi connectivity index (χ4v) is 5.77. The normalized spacial score (nSPS) is 30.0. The summed E-state index contributed by atoms with van der Waals surface area (Å²) in [5, 5.41) is 21.6. The summed E-state index contributed by atoms with van der Waals surface area (Å²) in [5.74, 6) is 0.895. The molecule has 6 nitrogen and oxygen atoms in total. The van der Waals surface area contributed by atoms with E-state index in [0.29, 0.717) is 25.4 Å². The van der Waals surface area contributed by atoms with Crippen molar-refractivity contribution in [3.05, 3.63) is 23.8 Å². The maximum atomic E-state index is 13.1. The van der Waals surface area contributed by atoms with Gasteiger partial charge >= 0.3 is 0 Å². The Kier molecular flexibility index (Phi) is 6.54. The molecule has 1 aromatic carbocycles. The molecular weight excluding hydrogens is 380 g/mol. The summed E-state index contributed by atoms with van der Waals surface area (Å²) in [6, 6.07) is 5.47. The number of likely N-dealkylation sites (tertiary alicyclic amines) is 2. The molecule has 0 unspecified atom stereocenters. The Balaban J connectivity index is 1.63. The number of carbonyl (C=O) groups is 1. The van der Waals surface area contributed by atoms with Crippen LogP contribution in [-0.4, -0.2) is 64.3 Å². The van der Waals surface area contributed by atoms with E-state index in [1.165, 1.54) is 6.42 Å².